The average molecular weight is 381 g/mol. The summed E-state index contributed by atoms with van der Waals surface area (Å²) in [5.41, 5.74) is 10.1. The predicted molar refractivity (Wildman–Crippen MR) is 105 cm³/mol. The van der Waals surface area contributed by atoms with Crippen molar-refractivity contribution in [2.24, 2.45) is 0 Å². The Morgan fingerprint density at radius 2 is 1.70 bits per heavy atom. The van der Waals surface area contributed by atoms with Gasteiger partial charge in [-0.15, -0.1) is 9.42 Å². The fourth-order valence-electron chi connectivity index (χ4n) is 2.55. The molecule has 0 heterocycles. The molecule has 0 aliphatic heterocycles. The Labute approximate surface area is 157 Å². The zero-order chi connectivity index (χ0) is 19.2. The molecule has 3 aromatic carbocycles. The number of amides is 1. The number of anilines is 2. The van der Waals surface area contributed by atoms with Gasteiger partial charge in [-0.2, -0.15) is 0 Å². The van der Waals surface area contributed by atoms with Crippen LogP contribution in [0.4, 0.5) is 11.4 Å². The lowest BCUT2D eigenvalue weighted by Gasteiger charge is -2.11. The summed E-state index contributed by atoms with van der Waals surface area (Å²) in [4.78, 5) is 21.2. The quantitative estimate of drug-likeness (QED) is 0.435. The third kappa shape index (κ3) is 4.99. The standard InChI is InChI=1S/C20H17N2O4P/c21-18-11-10-17(15-4-2-1-3-5-15)12-19(18)22-20(23)16-8-6-14(7-9-16)13-26-27(24)25/h1-12H,13,21H2,(H-,22,23,24,25)/p+1. The van der Waals surface area contributed by atoms with Gasteiger partial charge in [-0.05, 0) is 41.0 Å². The van der Waals surface area contributed by atoms with Gasteiger partial charge in [0.15, 0.2) is 0 Å². The molecule has 0 aliphatic rings. The van der Waals surface area contributed by atoms with Crippen LogP contribution in [0.5, 0.6) is 0 Å². The highest BCUT2D eigenvalue weighted by molar-refractivity contribution is 7.32. The number of benzene rings is 3. The van der Waals surface area contributed by atoms with E-state index in [1.54, 1.807) is 30.3 Å². The average Bonchev–Trinajstić information content (AvgIpc) is 2.69. The number of carbonyl (C=O) groups excluding carboxylic acids is 1. The maximum absolute atomic E-state index is 12.5. The minimum Gasteiger partial charge on any atom is -0.397 e. The molecule has 0 fully saturated rings. The van der Waals surface area contributed by atoms with Crippen LogP contribution >= 0.6 is 8.25 Å². The summed E-state index contributed by atoms with van der Waals surface area (Å²) in [5, 5.41) is 2.82. The zero-order valence-electron chi connectivity index (χ0n) is 14.3. The van der Waals surface area contributed by atoms with Gasteiger partial charge in [-0.3, -0.25) is 4.79 Å². The van der Waals surface area contributed by atoms with E-state index in [9.17, 15) is 9.36 Å². The van der Waals surface area contributed by atoms with Gasteiger partial charge in [0.1, 0.15) is 6.61 Å². The maximum Gasteiger partial charge on any atom is 0.695 e. The van der Waals surface area contributed by atoms with Crippen LogP contribution in [0, 0.1) is 0 Å². The molecule has 3 rings (SSSR count). The van der Waals surface area contributed by atoms with Crippen molar-refractivity contribution in [1.29, 1.82) is 0 Å². The van der Waals surface area contributed by atoms with Gasteiger partial charge in [0.05, 0.1) is 11.4 Å². The summed E-state index contributed by atoms with van der Waals surface area (Å²) in [5.74, 6) is -0.299. The minimum atomic E-state index is -2.65. The Morgan fingerprint density at radius 1 is 1.00 bits per heavy atom. The summed E-state index contributed by atoms with van der Waals surface area (Å²) >= 11 is 0. The Balaban J connectivity index is 1.75. The van der Waals surface area contributed by atoms with Crippen molar-refractivity contribution in [2.45, 2.75) is 6.61 Å². The second-order valence-electron chi connectivity index (χ2n) is 5.83. The molecular weight excluding hydrogens is 363 g/mol. The fraction of sp³-hybridized carbons (Fsp3) is 0.0500. The summed E-state index contributed by atoms with van der Waals surface area (Å²) in [6.07, 6.45) is 0. The number of hydrogen-bond acceptors (Lipinski definition) is 4. The molecule has 6 nitrogen and oxygen atoms in total. The first-order valence-corrected chi connectivity index (χ1v) is 9.30. The Morgan fingerprint density at radius 3 is 2.37 bits per heavy atom. The lowest BCUT2D eigenvalue weighted by atomic mass is 10.0. The van der Waals surface area contributed by atoms with Crippen molar-refractivity contribution in [3.05, 3.63) is 83.9 Å². The highest BCUT2D eigenvalue weighted by Gasteiger charge is 2.13. The van der Waals surface area contributed by atoms with E-state index >= 15 is 0 Å². The summed E-state index contributed by atoms with van der Waals surface area (Å²) in [7, 11) is -2.65. The molecule has 0 radical (unpaired) electrons. The third-order valence-electron chi connectivity index (χ3n) is 3.97. The van der Waals surface area contributed by atoms with Gasteiger partial charge in [0.25, 0.3) is 5.91 Å². The van der Waals surface area contributed by atoms with E-state index in [1.807, 2.05) is 42.5 Å². The van der Waals surface area contributed by atoms with Crippen molar-refractivity contribution < 1.29 is 18.8 Å². The van der Waals surface area contributed by atoms with E-state index in [0.717, 1.165) is 11.1 Å². The summed E-state index contributed by atoms with van der Waals surface area (Å²) in [6, 6.07) is 21.9. The van der Waals surface area contributed by atoms with E-state index < -0.39 is 8.25 Å². The van der Waals surface area contributed by atoms with Crippen molar-refractivity contribution in [3.8, 4) is 11.1 Å². The lowest BCUT2D eigenvalue weighted by molar-refractivity contribution is 0.102. The van der Waals surface area contributed by atoms with Gasteiger partial charge in [0, 0.05) is 10.1 Å². The molecule has 0 saturated carbocycles. The number of hydrogen-bond donors (Lipinski definition) is 3. The molecule has 0 bridgehead atoms. The summed E-state index contributed by atoms with van der Waals surface area (Å²) in [6.45, 7) is -0.000326. The van der Waals surface area contributed by atoms with E-state index in [1.165, 1.54) is 0 Å². The number of nitrogens with one attached hydrogen (secondary N) is 1. The molecule has 1 amide bonds. The number of nitrogens with two attached hydrogens (primary N) is 1. The Kier molecular flexibility index (Phi) is 5.94. The molecule has 3 aromatic rings. The topological polar surface area (TPSA) is 102 Å². The number of rotatable bonds is 6. The molecule has 4 N–H and O–H groups in total. The van der Waals surface area contributed by atoms with Gasteiger partial charge in [-0.25, -0.2) is 0 Å². The van der Waals surface area contributed by atoms with Gasteiger partial charge >= 0.3 is 8.25 Å². The highest BCUT2D eigenvalue weighted by Crippen LogP contribution is 2.27. The third-order valence-corrected chi connectivity index (χ3v) is 4.32. The Bertz CT molecular complexity index is 959. The second-order valence-corrected chi connectivity index (χ2v) is 6.56. The molecule has 0 spiro atoms. The van der Waals surface area contributed by atoms with Crippen LogP contribution in [0.3, 0.4) is 0 Å². The van der Waals surface area contributed by atoms with Crippen LogP contribution in [0.25, 0.3) is 11.1 Å². The summed E-state index contributed by atoms with van der Waals surface area (Å²) < 4.78 is 15.2. The first-order chi connectivity index (χ1) is 13.0. The smallest absolute Gasteiger partial charge is 0.397 e. The normalized spacial score (nSPS) is 11.1. The number of carbonyl (C=O) groups is 1. The minimum absolute atomic E-state index is 0.000326. The highest BCUT2D eigenvalue weighted by atomic mass is 31.1. The molecule has 1 unspecified atom stereocenters. The van der Waals surface area contributed by atoms with Crippen LogP contribution in [-0.2, 0) is 15.7 Å². The molecule has 27 heavy (non-hydrogen) atoms. The maximum atomic E-state index is 12.5. The number of nitrogen functional groups attached to an aromatic ring is 1. The molecule has 0 aliphatic carbocycles. The van der Waals surface area contributed by atoms with E-state index in [2.05, 4.69) is 9.84 Å². The van der Waals surface area contributed by atoms with Crippen LogP contribution in [-0.4, -0.2) is 10.8 Å². The largest absolute Gasteiger partial charge is 0.695 e. The SMILES string of the molecule is Nc1ccc(-c2ccccc2)cc1NC(=O)c1ccc(CO[P+](=O)O)cc1. The van der Waals surface area contributed by atoms with E-state index in [4.69, 9.17) is 10.6 Å². The van der Waals surface area contributed by atoms with E-state index in [-0.39, 0.29) is 12.5 Å². The lowest BCUT2D eigenvalue weighted by Crippen LogP contribution is -2.13. The van der Waals surface area contributed by atoms with Gasteiger partial charge in [0.2, 0.25) is 0 Å². The Hall–Kier alpha value is -3.05. The van der Waals surface area contributed by atoms with Crippen molar-refractivity contribution in [3.63, 3.8) is 0 Å². The molecule has 0 aromatic heterocycles. The van der Waals surface area contributed by atoms with Crippen LogP contribution in [0.1, 0.15) is 15.9 Å². The van der Waals surface area contributed by atoms with E-state index in [0.29, 0.717) is 22.5 Å². The van der Waals surface area contributed by atoms with Gasteiger partial charge in [-0.1, -0.05) is 48.5 Å². The van der Waals surface area contributed by atoms with Gasteiger partial charge < -0.3 is 11.1 Å². The second kappa shape index (κ2) is 8.56. The monoisotopic (exact) mass is 381 g/mol. The van der Waals surface area contributed by atoms with Crippen LogP contribution in [0.15, 0.2) is 72.8 Å². The predicted octanol–water partition coefficient (Wildman–Crippen LogP) is 4.35. The zero-order valence-corrected chi connectivity index (χ0v) is 15.2. The van der Waals surface area contributed by atoms with Crippen molar-refractivity contribution in [1.82, 2.24) is 0 Å². The first kappa shape index (κ1) is 18.7. The van der Waals surface area contributed by atoms with Crippen molar-refractivity contribution in [2.75, 3.05) is 11.1 Å². The first-order valence-electron chi connectivity index (χ1n) is 8.17. The van der Waals surface area contributed by atoms with Crippen molar-refractivity contribution >= 4 is 25.5 Å². The molecule has 136 valence electrons. The van der Waals surface area contributed by atoms with Crippen LogP contribution < -0.4 is 11.1 Å². The fourth-order valence-corrected chi connectivity index (χ4v) is 2.81. The molecule has 0 saturated heterocycles. The molecule has 7 heteroatoms. The molecule has 1 atom stereocenters. The molecular formula is C20H18N2O4P+. The van der Waals surface area contributed by atoms with Crippen LogP contribution in [0.2, 0.25) is 0 Å².